The number of benzene rings is 1. The number of hydrogen-bond donors (Lipinski definition) is 1. The summed E-state index contributed by atoms with van der Waals surface area (Å²) in [6, 6.07) is 10.4. The molecule has 0 spiro atoms. The van der Waals surface area contributed by atoms with Gasteiger partial charge in [0.05, 0.1) is 11.3 Å². The number of anilines is 1. The van der Waals surface area contributed by atoms with Crippen LogP contribution in [0.15, 0.2) is 42.1 Å². The maximum absolute atomic E-state index is 12.9. The first-order valence-electron chi connectivity index (χ1n) is 13.1. The lowest BCUT2D eigenvalue weighted by molar-refractivity contribution is -0.113. The Kier molecular flexibility index (Phi) is 9.29. The first-order valence-corrected chi connectivity index (χ1v) is 14.9. The van der Waals surface area contributed by atoms with Crippen molar-refractivity contribution in [3.05, 3.63) is 64.3 Å². The summed E-state index contributed by atoms with van der Waals surface area (Å²) in [5, 5.41) is 22.7. The molecule has 200 valence electrons. The maximum atomic E-state index is 12.9. The van der Waals surface area contributed by atoms with E-state index in [1.807, 2.05) is 23.6 Å². The third-order valence-corrected chi connectivity index (χ3v) is 9.06. The van der Waals surface area contributed by atoms with E-state index in [4.69, 9.17) is 4.74 Å². The Morgan fingerprint density at radius 2 is 2.11 bits per heavy atom. The number of nitrogens with one attached hydrogen (secondary N) is 1. The summed E-state index contributed by atoms with van der Waals surface area (Å²) in [7, 11) is 0. The highest BCUT2D eigenvalue weighted by Gasteiger charge is 2.26. The molecule has 0 radical (unpaired) electrons. The molecule has 0 aliphatic heterocycles. The second-order valence-corrected chi connectivity index (χ2v) is 11.9. The van der Waals surface area contributed by atoms with Crippen molar-refractivity contribution in [2.24, 2.45) is 5.92 Å². The Morgan fingerprint density at radius 1 is 1.34 bits per heavy atom. The standard InChI is InChI=1S/C29H35N5O2S2/c1-6-14-34-27(19(5)36-22-11-9-21(10-12-22)18(3)4)32-33-29(34)37-17-26(35)31-28-24(16-30)23-13-8-20(7-2)15-25(23)38-28/h6,9-12,18-20H,1,7-8,13-15,17H2,2-5H3,(H,31,35). The number of ether oxygens (including phenoxy) is 1. The van der Waals surface area contributed by atoms with Gasteiger partial charge < -0.3 is 10.1 Å². The van der Waals surface area contributed by atoms with Crippen LogP contribution in [0.25, 0.3) is 0 Å². The highest BCUT2D eigenvalue weighted by Crippen LogP contribution is 2.40. The molecule has 0 saturated carbocycles. The second-order valence-electron chi connectivity index (χ2n) is 9.90. The molecule has 38 heavy (non-hydrogen) atoms. The van der Waals surface area contributed by atoms with Crippen molar-refractivity contribution in [3.8, 4) is 11.8 Å². The van der Waals surface area contributed by atoms with Crippen molar-refractivity contribution in [2.75, 3.05) is 11.1 Å². The van der Waals surface area contributed by atoms with Gasteiger partial charge in [-0.25, -0.2) is 0 Å². The Balaban J connectivity index is 1.41. The third kappa shape index (κ3) is 6.30. The Bertz CT molecular complexity index is 1320. The smallest absolute Gasteiger partial charge is 0.235 e. The highest BCUT2D eigenvalue weighted by atomic mass is 32.2. The zero-order chi connectivity index (χ0) is 27.2. The van der Waals surface area contributed by atoms with Crippen molar-refractivity contribution < 1.29 is 9.53 Å². The molecule has 0 bridgehead atoms. The van der Waals surface area contributed by atoms with Gasteiger partial charge in [0.25, 0.3) is 0 Å². The molecule has 2 aromatic heterocycles. The van der Waals surface area contributed by atoms with Crippen molar-refractivity contribution >= 4 is 34.0 Å². The van der Waals surface area contributed by atoms with E-state index in [1.54, 1.807) is 17.4 Å². The van der Waals surface area contributed by atoms with E-state index in [1.165, 1.54) is 22.2 Å². The fourth-order valence-corrected chi connectivity index (χ4v) is 6.78. The summed E-state index contributed by atoms with van der Waals surface area (Å²) in [4.78, 5) is 14.1. The van der Waals surface area contributed by atoms with Crippen molar-refractivity contribution in [1.82, 2.24) is 14.8 Å². The van der Waals surface area contributed by atoms with E-state index in [9.17, 15) is 10.1 Å². The van der Waals surface area contributed by atoms with E-state index >= 15 is 0 Å². The van der Waals surface area contributed by atoms with Crippen LogP contribution in [0.5, 0.6) is 5.75 Å². The number of carbonyl (C=O) groups is 1. The minimum atomic E-state index is -0.335. The molecule has 1 aromatic carbocycles. The third-order valence-electron chi connectivity index (χ3n) is 6.92. The Morgan fingerprint density at radius 3 is 2.76 bits per heavy atom. The van der Waals surface area contributed by atoms with Gasteiger partial charge in [0.2, 0.25) is 5.91 Å². The number of rotatable bonds is 11. The van der Waals surface area contributed by atoms with Crippen LogP contribution in [0.2, 0.25) is 0 Å². The summed E-state index contributed by atoms with van der Waals surface area (Å²) in [6.07, 6.45) is 5.58. The molecule has 3 aromatic rings. The van der Waals surface area contributed by atoms with Gasteiger partial charge in [0, 0.05) is 11.4 Å². The van der Waals surface area contributed by atoms with Crippen LogP contribution in [-0.4, -0.2) is 26.4 Å². The topological polar surface area (TPSA) is 92.8 Å². The first kappa shape index (κ1) is 27.9. The SMILES string of the molecule is C=CCn1c(SCC(=O)Nc2sc3c(c2C#N)CCC(CC)C3)nnc1C(C)Oc1ccc(C(C)C)cc1. The van der Waals surface area contributed by atoms with Gasteiger partial charge in [-0.1, -0.05) is 57.2 Å². The second kappa shape index (κ2) is 12.6. The molecule has 0 fully saturated rings. The fourth-order valence-electron chi connectivity index (χ4n) is 4.70. The normalized spacial score (nSPS) is 15.5. The van der Waals surface area contributed by atoms with E-state index in [-0.39, 0.29) is 17.8 Å². The van der Waals surface area contributed by atoms with Crippen LogP contribution in [0.3, 0.4) is 0 Å². The number of nitrogens with zero attached hydrogens (tertiary/aromatic N) is 4. The molecule has 0 saturated heterocycles. The Hall–Kier alpha value is -3.09. The van der Waals surface area contributed by atoms with Crippen LogP contribution in [-0.2, 0) is 24.2 Å². The van der Waals surface area contributed by atoms with Gasteiger partial charge in [0.1, 0.15) is 16.8 Å². The van der Waals surface area contributed by atoms with Gasteiger partial charge in [-0.05, 0) is 61.3 Å². The quantitative estimate of drug-likeness (QED) is 0.206. The molecule has 1 N–H and O–H groups in total. The van der Waals surface area contributed by atoms with Gasteiger partial charge in [-0.15, -0.1) is 28.1 Å². The number of aromatic nitrogens is 3. The lowest BCUT2D eigenvalue weighted by Crippen LogP contribution is -2.15. The number of carbonyl (C=O) groups excluding carboxylic acids is 1. The van der Waals surface area contributed by atoms with Crippen molar-refractivity contribution in [1.29, 1.82) is 5.26 Å². The van der Waals surface area contributed by atoms with Crippen LogP contribution in [0, 0.1) is 17.2 Å². The largest absolute Gasteiger partial charge is 0.483 e. The Labute approximate surface area is 233 Å². The van der Waals surface area contributed by atoms with Gasteiger partial charge in [-0.3, -0.25) is 9.36 Å². The molecular formula is C29H35N5O2S2. The summed E-state index contributed by atoms with van der Waals surface area (Å²) in [6.45, 7) is 12.8. The number of thiophene rings is 1. The monoisotopic (exact) mass is 549 g/mol. The van der Waals surface area contributed by atoms with E-state index in [2.05, 4.69) is 61.1 Å². The summed E-state index contributed by atoms with van der Waals surface area (Å²) >= 11 is 2.86. The number of fused-ring (bicyclic) bond motifs is 1. The summed E-state index contributed by atoms with van der Waals surface area (Å²) in [5.41, 5.74) is 3.00. The van der Waals surface area contributed by atoms with Gasteiger partial charge in [0.15, 0.2) is 17.1 Å². The lowest BCUT2D eigenvalue weighted by atomic mass is 9.86. The number of allylic oxidation sites excluding steroid dienone is 1. The maximum Gasteiger partial charge on any atom is 0.235 e. The predicted molar refractivity (Wildman–Crippen MR) is 154 cm³/mol. The molecule has 1 aliphatic carbocycles. The summed E-state index contributed by atoms with van der Waals surface area (Å²) in [5.74, 6) is 2.54. The average molecular weight is 550 g/mol. The average Bonchev–Trinajstić information content (AvgIpc) is 3.47. The molecule has 1 amide bonds. The molecular weight excluding hydrogens is 514 g/mol. The lowest BCUT2D eigenvalue weighted by Gasteiger charge is -2.20. The zero-order valence-corrected chi connectivity index (χ0v) is 24.1. The van der Waals surface area contributed by atoms with Gasteiger partial charge >= 0.3 is 0 Å². The van der Waals surface area contributed by atoms with E-state index < -0.39 is 0 Å². The number of hydrogen-bond acceptors (Lipinski definition) is 7. The van der Waals surface area contributed by atoms with Crippen LogP contribution in [0.1, 0.15) is 80.0 Å². The van der Waals surface area contributed by atoms with Crippen molar-refractivity contribution in [2.45, 2.75) is 77.1 Å². The molecule has 9 heteroatoms. The van der Waals surface area contributed by atoms with E-state index in [0.29, 0.717) is 39.9 Å². The van der Waals surface area contributed by atoms with Crippen LogP contribution >= 0.6 is 23.1 Å². The number of amides is 1. The molecule has 2 unspecified atom stereocenters. The minimum absolute atomic E-state index is 0.159. The van der Waals surface area contributed by atoms with E-state index in [0.717, 1.165) is 37.0 Å². The first-order chi connectivity index (χ1) is 18.3. The van der Waals surface area contributed by atoms with Crippen LogP contribution in [0.4, 0.5) is 5.00 Å². The highest BCUT2D eigenvalue weighted by molar-refractivity contribution is 7.99. The predicted octanol–water partition coefficient (Wildman–Crippen LogP) is 6.91. The minimum Gasteiger partial charge on any atom is -0.483 e. The van der Waals surface area contributed by atoms with Gasteiger partial charge in [-0.2, -0.15) is 5.26 Å². The summed E-state index contributed by atoms with van der Waals surface area (Å²) < 4.78 is 8.07. The van der Waals surface area contributed by atoms with Crippen molar-refractivity contribution in [3.63, 3.8) is 0 Å². The molecule has 7 nitrogen and oxygen atoms in total. The molecule has 2 atom stereocenters. The number of thioether (sulfide) groups is 1. The zero-order valence-electron chi connectivity index (χ0n) is 22.5. The number of nitriles is 1. The molecule has 1 aliphatic rings. The molecule has 2 heterocycles. The fraction of sp³-hybridized carbons (Fsp3) is 0.448. The molecule has 4 rings (SSSR count). The van der Waals surface area contributed by atoms with Crippen LogP contribution < -0.4 is 10.1 Å².